The maximum atomic E-state index is 13.2. The molecule has 0 spiro atoms. The first kappa shape index (κ1) is 17.8. The number of benzene rings is 2. The molecule has 0 fully saturated rings. The lowest BCUT2D eigenvalue weighted by Gasteiger charge is -2.25. The van der Waals surface area contributed by atoms with Crippen LogP contribution >= 0.6 is 0 Å². The van der Waals surface area contributed by atoms with E-state index in [4.69, 9.17) is 0 Å². The van der Waals surface area contributed by atoms with Crippen LogP contribution in [0, 0.1) is 12.8 Å². The number of anilines is 1. The van der Waals surface area contributed by atoms with Crippen molar-refractivity contribution in [3.63, 3.8) is 0 Å². The Morgan fingerprint density at radius 2 is 1.57 bits per heavy atom. The lowest BCUT2D eigenvalue weighted by atomic mass is 10.0. The van der Waals surface area contributed by atoms with Crippen LogP contribution in [-0.2, 0) is 0 Å². The lowest BCUT2D eigenvalue weighted by molar-refractivity contribution is 0.0838. The van der Waals surface area contributed by atoms with Gasteiger partial charge in [0.2, 0.25) is 0 Å². The maximum Gasteiger partial charge on any atom is 0.258 e. The van der Waals surface area contributed by atoms with Crippen LogP contribution in [0.3, 0.4) is 0 Å². The minimum atomic E-state index is -0.899. The van der Waals surface area contributed by atoms with Crippen LogP contribution in [0.15, 0.2) is 73.1 Å². The van der Waals surface area contributed by atoms with E-state index in [9.17, 15) is 14.4 Å². The van der Waals surface area contributed by atoms with Crippen LogP contribution in [0.2, 0.25) is 0 Å². The Labute approximate surface area is 162 Å². The minimum Gasteiger partial charge on any atom is -0.307 e. The van der Waals surface area contributed by atoms with Crippen LogP contribution < -0.4 is 4.90 Å². The van der Waals surface area contributed by atoms with Crippen LogP contribution in [0.1, 0.15) is 36.6 Å². The SMILES string of the molecule is Cc1cccc(N(CC2C(=O)c3ccccc3C2=O)C(=O)c2ccncc2)c1. The van der Waals surface area contributed by atoms with Crippen molar-refractivity contribution in [2.45, 2.75) is 6.92 Å². The second kappa shape index (κ2) is 7.19. The highest BCUT2D eigenvalue weighted by Gasteiger charge is 2.40. The van der Waals surface area contributed by atoms with Gasteiger partial charge in [-0.1, -0.05) is 36.4 Å². The smallest absolute Gasteiger partial charge is 0.258 e. The molecule has 0 aliphatic heterocycles. The van der Waals surface area contributed by atoms with Gasteiger partial charge in [-0.3, -0.25) is 19.4 Å². The van der Waals surface area contributed by atoms with Gasteiger partial charge in [0.05, 0.1) is 0 Å². The molecule has 3 aromatic rings. The molecule has 1 aliphatic carbocycles. The second-order valence-electron chi connectivity index (χ2n) is 6.82. The fraction of sp³-hybridized carbons (Fsp3) is 0.130. The van der Waals surface area contributed by atoms with Gasteiger partial charge in [-0.15, -0.1) is 0 Å². The van der Waals surface area contributed by atoms with E-state index in [0.717, 1.165) is 5.56 Å². The molecular weight excluding hydrogens is 352 g/mol. The summed E-state index contributed by atoms with van der Waals surface area (Å²) < 4.78 is 0. The Hall–Kier alpha value is -3.60. The summed E-state index contributed by atoms with van der Waals surface area (Å²) in [7, 11) is 0. The van der Waals surface area contributed by atoms with Gasteiger partial charge in [-0.05, 0) is 36.8 Å². The molecule has 5 heteroatoms. The van der Waals surface area contributed by atoms with Crippen molar-refractivity contribution in [1.29, 1.82) is 0 Å². The molecule has 1 amide bonds. The van der Waals surface area contributed by atoms with Gasteiger partial charge in [-0.25, -0.2) is 0 Å². The predicted molar refractivity (Wildman–Crippen MR) is 106 cm³/mol. The molecule has 1 aromatic heterocycles. The Morgan fingerprint density at radius 1 is 0.929 bits per heavy atom. The molecular formula is C23H18N2O3. The van der Waals surface area contributed by atoms with Crippen molar-refractivity contribution in [2.75, 3.05) is 11.4 Å². The Kier molecular flexibility index (Phi) is 4.57. The number of pyridine rings is 1. The Bertz CT molecular complexity index is 1040. The number of ketones is 2. The topological polar surface area (TPSA) is 67.3 Å². The third-order valence-corrected chi connectivity index (χ3v) is 4.94. The monoisotopic (exact) mass is 370 g/mol. The first-order valence-corrected chi connectivity index (χ1v) is 9.02. The number of hydrogen-bond acceptors (Lipinski definition) is 4. The Balaban J connectivity index is 1.72. The molecule has 5 nitrogen and oxygen atoms in total. The summed E-state index contributed by atoms with van der Waals surface area (Å²) in [6, 6.07) is 17.5. The highest BCUT2D eigenvalue weighted by atomic mass is 16.2. The van der Waals surface area contributed by atoms with E-state index in [0.29, 0.717) is 22.4 Å². The van der Waals surface area contributed by atoms with Crippen molar-refractivity contribution in [3.05, 3.63) is 95.3 Å². The van der Waals surface area contributed by atoms with Crippen molar-refractivity contribution >= 4 is 23.2 Å². The van der Waals surface area contributed by atoms with Crippen molar-refractivity contribution in [2.24, 2.45) is 5.92 Å². The van der Waals surface area contributed by atoms with Gasteiger partial charge in [0.1, 0.15) is 5.92 Å². The largest absolute Gasteiger partial charge is 0.307 e. The minimum absolute atomic E-state index is 0.00302. The summed E-state index contributed by atoms with van der Waals surface area (Å²) in [5.74, 6) is -1.64. The average Bonchev–Trinajstić information content (AvgIpc) is 2.97. The number of fused-ring (bicyclic) bond motifs is 1. The molecule has 2 aromatic carbocycles. The molecule has 1 aliphatic rings. The van der Waals surface area contributed by atoms with E-state index in [-0.39, 0.29) is 24.0 Å². The molecule has 138 valence electrons. The fourth-order valence-corrected chi connectivity index (χ4v) is 3.51. The summed E-state index contributed by atoms with van der Waals surface area (Å²) in [6.45, 7) is 1.93. The molecule has 0 N–H and O–H groups in total. The zero-order chi connectivity index (χ0) is 19.7. The van der Waals surface area contributed by atoms with Crippen molar-refractivity contribution in [3.8, 4) is 0 Å². The number of hydrogen-bond donors (Lipinski definition) is 0. The van der Waals surface area contributed by atoms with Crippen LogP contribution in [0.5, 0.6) is 0 Å². The molecule has 0 bridgehead atoms. The van der Waals surface area contributed by atoms with Crippen LogP contribution in [0.4, 0.5) is 5.69 Å². The number of carbonyl (C=O) groups excluding carboxylic acids is 3. The molecule has 0 saturated carbocycles. The quantitative estimate of drug-likeness (QED) is 0.656. The zero-order valence-corrected chi connectivity index (χ0v) is 15.3. The van der Waals surface area contributed by atoms with E-state index >= 15 is 0 Å². The average molecular weight is 370 g/mol. The summed E-state index contributed by atoms with van der Waals surface area (Å²) >= 11 is 0. The third kappa shape index (κ3) is 3.11. The van der Waals surface area contributed by atoms with Gasteiger partial charge in [0.15, 0.2) is 11.6 Å². The summed E-state index contributed by atoms with van der Waals surface area (Å²) in [6.07, 6.45) is 3.09. The standard InChI is InChI=1S/C23H18N2O3/c1-15-5-4-6-17(13-15)25(23(28)16-9-11-24-12-10-16)14-20-21(26)18-7-2-3-8-19(18)22(20)27/h2-13,20H,14H2,1H3. The van der Waals surface area contributed by atoms with Gasteiger partial charge in [-0.2, -0.15) is 0 Å². The first-order valence-electron chi connectivity index (χ1n) is 9.02. The third-order valence-electron chi connectivity index (χ3n) is 4.94. The van der Waals surface area contributed by atoms with E-state index in [1.54, 1.807) is 48.8 Å². The summed E-state index contributed by atoms with van der Waals surface area (Å²) in [5, 5.41) is 0. The number of amides is 1. The van der Waals surface area contributed by atoms with Crippen molar-refractivity contribution < 1.29 is 14.4 Å². The van der Waals surface area contributed by atoms with Gasteiger partial charge in [0.25, 0.3) is 5.91 Å². The fourth-order valence-electron chi connectivity index (χ4n) is 3.51. The first-order chi connectivity index (χ1) is 13.6. The van der Waals surface area contributed by atoms with Gasteiger partial charge >= 0.3 is 0 Å². The van der Waals surface area contributed by atoms with Crippen molar-refractivity contribution in [1.82, 2.24) is 4.98 Å². The van der Waals surface area contributed by atoms with E-state index in [2.05, 4.69) is 4.98 Å². The second-order valence-corrected chi connectivity index (χ2v) is 6.82. The molecule has 28 heavy (non-hydrogen) atoms. The molecule has 0 radical (unpaired) electrons. The number of aryl methyl sites for hydroxylation is 1. The lowest BCUT2D eigenvalue weighted by Crippen LogP contribution is -2.39. The number of Topliss-reactive ketones (excluding diaryl/α,β-unsaturated/α-hetero) is 2. The molecule has 0 saturated heterocycles. The van der Waals surface area contributed by atoms with E-state index in [1.807, 2.05) is 31.2 Å². The molecule has 1 heterocycles. The van der Waals surface area contributed by atoms with Gasteiger partial charge in [0, 0.05) is 41.3 Å². The van der Waals surface area contributed by atoms with Gasteiger partial charge < -0.3 is 4.90 Å². The number of aromatic nitrogens is 1. The van der Waals surface area contributed by atoms with Crippen LogP contribution in [-0.4, -0.2) is 29.0 Å². The predicted octanol–water partition coefficient (Wildman–Crippen LogP) is 3.73. The highest BCUT2D eigenvalue weighted by molar-refractivity contribution is 6.27. The Morgan fingerprint density at radius 3 is 2.18 bits per heavy atom. The van der Waals surface area contributed by atoms with Crippen LogP contribution in [0.25, 0.3) is 0 Å². The summed E-state index contributed by atoms with van der Waals surface area (Å²) in [5.41, 5.74) is 2.94. The number of nitrogens with zero attached hydrogens (tertiary/aromatic N) is 2. The van der Waals surface area contributed by atoms with E-state index in [1.165, 1.54) is 4.90 Å². The summed E-state index contributed by atoms with van der Waals surface area (Å²) in [4.78, 5) is 44.3. The molecule has 4 rings (SSSR count). The van der Waals surface area contributed by atoms with E-state index < -0.39 is 5.92 Å². The molecule has 0 unspecified atom stereocenters. The normalized spacial score (nSPS) is 13.5. The number of carbonyl (C=O) groups is 3. The zero-order valence-electron chi connectivity index (χ0n) is 15.3. The molecule has 0 atom stereocenters. The number of rotatable bonds is 4. The maximum absolute atomic E-state index is 13.2. The highest BCUT2D eigenvalue weighted by Crippen LogP contribution is 2.29.